The van der Waals surface area contributed by atoms with E-state index in [1.54, 1.807) is 12.1 Å². The third-order valence-corrected chi connectivity index (χ3v) is 4.91. The van der Waals surface area contributed by atoms with Crippen molar-refractivity contribution < 1.29 is 18.1 Å². The van der Waals surface area contributed by atoms with Gasteiger partial charge in [0, 0.05) is 18.2 Å². The number of nitrogens with two attached hydrogens (primary N) is 1. The van der Waals surface area contributed by atoms with Crippen LogP contribution in [0.3, 0.4) is 0 Å². The average molecular weight is 448 g/mol. The molecule has 0 saturated carbocycles. The van der Waals surface area contributed by atoms with Crippen LogP contribution in [0.2, 0.25) is 0 Å². The number of aryl methyl sites for hydroxylation is 1. The number of nitriles is 1. The number of halogens is 2. The van der Waals surface area contributed by atoms with Crippen molar-refractivity contribution in [1.82, 2.24) is 20.3 Å². The number of carbonyl (C=O) groups is 1. The summed E-state index contributed by atoms with van der Waals surface area (Å²) >= 11 is 0. The van der Waals surface area contributed by atoms with Gasteiger partial charge in [0.05, 0.1) is 11.4 Å². The Morgan fingerprint density at radius 2 is 1.94 bits per heavy atom. The number of nitrogens with one attached hydrogen (secondary N) is 1. The number of anilines is 1. The molecule has 0 unspecified atom stereocenters. The van der Waals surface area contributed by atoms with E-state index in [9.17, 15) is 18.8 Å². The zero-order chi connectivity index (χ0) is 23.4. The minimum atomic E-state index is -0.470. The van der Waals surface area contributed by atoms with Crippen LogP contribution in [-0.2, 0) is 6.42 Å². The van der Waals surface area contributed by atoms with Gasteiger partial charge in [-0.1, -0.05) is 17.3 Å². The molecule has 2 aromatic heterocycles. The number of nitrogen functional groups attached to an aromatic ring is 1. The standard InChI is InChI=1S/C23H18F2N6O2/c24-15-6-8-17(9-7-15)31-22(27)18(13-26)19(29-31)5-2-10-28-23(32)21-12-20(30-33-21)14-3-1-4-16(25)11-14/h1,3-4,6-9,11-12H,2,5,10,27H2,(H,28,32). The maximum atomic E-state index is 13.4. The van der Waals surface area contributed by atoms with Crippen molar-refractivity contribution in [2.45, 2.75) is 12.8 Å². The van der Waals surface area contributed by atoms with Crippen LogP contribution in [0.1, 0.15) is 28.2 Å². The second kappa shape index (κ2) is 9.32. The fourth-order valence-electron chi connectivity index (χ4n) is 3.27. The van der Waals surface area contributed by atoms with Gasteiger partial charge in [-0.3, -0.25) is 4.79 Å². The summed E-state index contributed by atoms with van der Waals surface area (Å²) in [6, 6.07) is 14.9. The molecule has 0 aliphatic heterocycles. The molecule has 0 spiro atoms. The lowest BCUT2D eigenvalue weighted by Crippen LogP contribution is -2.24. The van der Waals surface area contributed by atoms with E-state index in [1.807, 2.05) is 6.07 Å². The highest BCUT2D eigenvalue weighted by atomic mass is 19.1. The van der Waals surface area contributed by atoms with E-state index in [-0.39, 0.29) is 23.7 Å². The molecule has 2 heterocycles. The Morgan fingerprint density at radius 1 is 1.15 bits per heavy atom. The number of rotatable bonds is 7. The topological polar surface area (TPSA) is 123 Å². The molecule has 0 bridgehead atoms. The first-order valence-electron chi connectivity index (χ1n) is 10.0. The fraction of sp³-hybridized carbons (Fsp3) is 0.130. The molecule has 166 valence electrons. The van der Waals surface area contributed by atoms with Gasteiger partial charge in [-0.05, 0) is 49.2 Å². The summed E-state index contributed by atoms with van der Waals surface area (Å²) in [5, 5.41) is 20.3. The average Bonchev–Trinajstić information content (AvgIpc) is 3.42. The zero-order valence-corrected chi connectivity index (χ0v) is 17.3. The van der Waals surface area contributed by atoms with E-state index >= 15 is 0 Å². The molecule has 8 nitrogen and oxygen atoms in total. The molecule has 0 aliphatic rings. The van der Waals surface area contributed by atoms with Gasteiger partial charge in [-0.15, -0.1) is 0 Å². The smallest absolute Gasteiger partial charge is 0.289 e. The van der Waals surface area contributed by atoms with E-state index in [4.69, 9.17) is 10.3 Å². The third-order valence-electron chi connectivity index (χ3n) is 4.91. The monoisotopic (exact) mass is 448 g/mol. The Hall–Kier alpha value is -4.52. The van der Waals surface area contributed by atoms with Crippen molar-refractivity contribution in [1.29, 1.82) is 5.26 Å². The molecule has 0 radical (unpaired) electrons. The fourth-order valence-corrected chi connectivity index (χ4v) is 3.27. The van der Waals surface area contributed by atoms with Gasteiger partial charge in [-0.2, -0.15) is 10.4 Å². The third kappa shape index (κ3) is 4.72. The second-order valence-electron chi connectivity index (χ2n) is 7.15. The van der Waals surface area contributed by atoms with Crippen LogP contribution < -0.4 is 11.1 Å². The molecule has 33 heavy (non-hydrogen) atoms. The van der Waals surface area contributed by atoms with Crippen LogP contribution in [0.15, 0.2) is 59.1 Å². The summed E-state index contributed by atoms with van der Waals surface area (Å²) in [7, 11) is 0. The number of hydrogen-bond donors (Lipinski definition) is 2. The van der Waals surface area contributed by atoms with E-state index in [1.165, 1.54) is 47.1 Å². The maximum absolute atomic E-state index is 13.4. The van der Waals surface area contributed by atoms with Crippen molar-refractivity contribution >= 4 is 11.7 Å². The molecule has 4 rings (SSSR count). The number of nitrogens with zero attached hydrogens (tertiary/aromatic N) is 4. The Kier molecular flexibility index (Phi) is 6.13. The predicted molar refractivity (Wildman–Crippen MR) is 115 cm³/mol. The summed E-state index contributed by atoms with van der Waals surface area (Å²) in [5.41, 5.74) is 8.13. The van der Waals surface area contributed by atoms with Crippen molar-refractivity contribution in [2.75, 3.05) is 12.3 Å². The van der Waals surface area contributed by atoms with Crippen molar-refractivity contribution in [3.63, 3.8) is 0 Å². The Bertz CT molecular complexity index is 1340. The van der Waals surface area contributed by atoms with E-state index in [0.29, 0.717) is 35.5 Å². The molecule has 10 heteroatoms. The number of amides is 1. The summed E-state index contributed by atoms with van der Waals surface area (Å²) in [6.45, 7) is 0.281. The summed E-state index contributed by atoms with van der Waals surface area (Å²) in [6.07, 6.45) is 0.859. The van der Waals surface area contributed by atoms with Crippen molar-refractivity contribution in [3.8, 4) is 23.0 Å². The van der Waals surface area contributed by atoms with E-state index in [0.717, 1.165) is 0 Å². The molecular formula is C23H18F2N6O2. The van der Waals surface area contributed by atoms with Gasteiger partial charge < -0.3 is 15.6 Å². The molecule has 3 N–H and O–H groups in total. The van der Waals surface area contributed by atoms with Crippen LogP contribution in [0, 0.1) is 23.0 Å². The quantitative estimate of drug-likeness (QED) is 0.416. The van der Waals surface area contributed by atoms with Crippen LogP contribution >= 0.6 is 0 Å². The molecule has 0 aliphatic carbocycles. The SMILES string of the molecule is N#Cc1c(CCCNC(=O)c2cc(-c3cccc(F)c3)no2)nn(-c2ccc(F)cc2)c1N. The molecule has 0 fully saturated rings. The lowest BCUT2D eigenvalue weighted by atomic mass is 10.1. The van der Waals surface area contributed by atoms with Crippen LogP contribution in [0.4, 0.5) is 14.6 Å². The second-order valence-corrected chi connectivity index (χ2v) is 7.15. The summed E-state index contributed by atoms with van der Waals surface area (Å²) < 4.78 is 33.0. The van der Waals surface area contributed by atoms with Crippen LogP contribution in [0.25, 0.3) is 16.9 Å². The molecule has 2 aromatic carbocycles. The van der Waals surface area contributed by atoms with Crippen LogP contribution in [0.5, 0.6) is 0 Å². The highest BCUT2D eigenvalue weighted by Gasteiger charge is 2.17. The van der Waals surface area contributed by atoms with Gasteiger partial charge in [0.25, 0.3) is 5.91 Å². The van der Waals surface area contributed by atoms with E-state index < -0.39 is 17.5 Å². The molecule has 1 amide bonds. The molecule has 0 atom stereocenters. The Morgan fingerprint density at radius 3 is 2.67 bits per heavy atom. The van der Waals surface area contributed by atoms with Gasteiger partial charge in [-0.25, -0.2) is 13.5 Å². The predicted octanol–water partition coefficient (Wildman–Crippen LogP) is 3.62. The molecule has 4 aromatic rings. The lowest BCUT2D eigenvalue weighted by molar-refractivity contribution is 0.0916. The number of hydrogen-bond acceptors (Lipinski definition) is 6. The first-order chi connectivity index (χ1) is 16.0. The van der Waals surface area contributed by atoms with Crippen LogP contribution in [-0.4, -0.2) is 27.4 Å². The van der Waals surface area contributed by atoms with Gasteiger partial charge in [0.2, 0.25) is 5.76 Å². The number of carbonyl (C=O) groups excluding carboxylic acids is 1. The molecule has 0 saturated heterocycles. The summed E-state index contributed by atoms with van der Waals surface area (Å²) in [5.74, 6) is -1.12. The van der Waals surface area contributed by atoms with Gasteiger partial charge in [0.15, 0.2) is 0 Å². The maximum Gasteiger partial charge on any atom is 0.289 e. The lowest BCUT2D eigenvalue weighted by Gasteiger charge is -2.03. The minimum Gasteiger partial charge on any atom is -0.382 e. The number of aromatic nitrogens is 3. The highest BCUT2D eigenvalue weighted by Crippen LogP contribution is 2.22. The first kappa shape index (κ1) is 21.7. The van der Waals surface area contributed by atoms with E-state index in [2.05, 4.69) is 15.6 Å². The first-order valence-corrected chi connectivity index (χ1v) is 10.0. The summed E-state index contributed by atoms with van der Waals surface area (Å²) in [4.78, 5) is 12.3. The Balaban J connectivity index is 1.36. The van der Waals surface area contributed by atoms with Crippen molar-refractivity contribution in [2.24, 2.45) is 0 Å². The molecular weight excluding hydrogens is 430 g/mol. The van der Waals surface area contributed by atoms with Gasteiger partial charge in [0.1, 0.15) is 34.8 Å². The Labute approximate surface area is 187 Å². The van der Waals surface area contributed by atoms with Gasteiger partial charge >= 0.3 is 0 Å². The number of benzene rings is 2. The zero-order valence-electron chi connectivity index (χ0n) is 17.3. The normalized spacial score (nSPS) is 10.7. The minimum absolute atomic E-state index is 0.00296. The highest BCUT2D eigenvalue weighted by molar-refractivity contribution is 5.92. The largest absolute Gasteiger partial charge is 0.382 e. The van der Waals surface area contributed by atoms with Crippen molar-refractivity contribution in [3.05, 3.63) is 83.2 Å².